The molecular weight excluding hydrogens is 345 g/mol. The van der Waals surface area contributed by atoms with Crippen LogP contribution in [0.15, 0.2) is 0 Å². The maximum absolute atomic E-state index is 12.1. The third kappa shape index (κ3) is 6.16. The Morgan fingerprint density at radius 1 is 1.35 bits per heavy atom. The van der Waals surface area contributed by atoms with Gasteiger partial charge in [0, 0.05) is 19.0 Å². The highest BCUT2D eigenvalue weighted by Gasteiger charge is 2.29. The number of alkyl halides is 1. The number of halogens is 1. The average molecular weight is 371 g/mol. The number of alkyl carbamates (subject to hydrolysis) is 1. The van der Waals surface area contributed by atoms with Crippen molar-refractivity contribution in [2.24, 2.45) is 0 Å². The topological polar surface area (TPSA) is 109 Å². The molecule has 2 heterocycles. The molecule has 0 spiro atoms. The summed E-state index contributed by atoms with van der Waals surface area (Å²) >= 11 is 0. The number of nitrogens with one attached hydrogen (secondary N) is 2. The van der Waals surface area contributed by atoms with Crippen LogP contribution in [0.4, 0.5) is 14.0 Å². The molecule has 1 aliphatic rings. The normalized spacial score (nSPS) is 15.6. The number of hydrogen-bond acceptors (Lipinski definition) is 6. The molecule has 1 saturated heterocycles. The third-order valence-electron chi connectivity index (χ3n) is 3.77. The van der Waals surface area contributed by atoms with Gasteiger partial charge in [0.15, 0.2) is 5.82 Å². The summed E-state index contributed by atoms with van der Waals surface area (Å²) in [5.41, 5.74) is -0.509. The first-order chi connectivity index (χ1) is 12.3. The van der Waals surface area contributed by atoms with Gasteiger partial charge in [-0.2, -0.15) is 5.10 Å². The van der Waals surface area contributed by atoms with Crippen LogP contribution in [0, 0.1) is 0 Å². The fraction of sp³-hybridized carbons (Fsp3) is 0.750. The molecule has 1 aliphatic heterocycles. The van der Waals surface area contributed by atoms with Gasteiger partial charge in [-0.05, 0) is 33.6 Å². The predicted molar refractivity (Wildman–Crippen MR) is 90.3 cm³/mol. The molecule has 9 nitrogen and oxygen atoms in total. The van der Waals surface area contributed by atoms with E-state index in [1.807, 2.05) is 20.8 Å². The van der Waals surface area contributed by atoms with Crippen molar-refractivity contribution < 1.29 is 23.5 Å². The Morgan fingerprint density at radius 2 is 2.04 bits per heavy atom. The van der Waals surface area contributed by atoms with Gasteiger partial charge < -0.3 is 19.7 Å². The van der Waals surface area contributed by atoms with E-state index in [0.29, 0.717) is 24.7 Å². The lowest BCUT2D eigenvalue weighted by atomic mass is 9.96. The predicted octanol–water partition coefficient (Wildman–Crippen LogP) is 2.11. The van der Waals surface area contributed by atoms with E-state index < -0.39 is 18.4 Å². The van der Waals surface area contributed by atoms with Crippen molar-refractivity contribution in [2.45, 2.75) is 51.7 Å². The molecule has 1 aromatic rings. The number of H-pyrrole nitrogens is 1. The van der Waals surface area contributed by atoms with Crippen LogP contribution in [0.5, 0.6) is 0 Å². The average Bonchev–Trinajstić information content (AvgIpc) is 3.06. The van der Waals surface area contributed by atoms with Gasteiger partial charge in [0.2, 0.25) is 0 Å². The molecule has 0 bridgehead atoms. The van der Waals surface area contributed by atoms with Crippen molar-refractivity contribution in [3.8, 4) is 0 Å². The van der Waals surface area contributed by atoms with Crippen molar-refractivity contribution in [3.63, 3.8) is 0 Å². The number of aromatic nitrogens is 3. The number of likely N-dealkylation sites (tertiary alicyclic amines) is 1. The molecule has 2 amide bonds. The molecule has 0 unspecified atom stereocenters. The minimum absolute atomic E-state index is 0.120. The number of carbonyl (C=O) groups is 2. The van der Waals surface area contributed by atoms with Gasteiger partial charge in [0.1, 0.15) is 24.7 Å². The Morgan fingerprint density at radius 3 is 2.65 bits per heavy atom. The van der Waals surface area contributed by atoms with E-state index in [9.17, 15) is 14.0 Å². The second-order valence-electron chi connectivity index (χ2n) is 7.06. The highest BCUT2D eigenvalue weighted by atomic mass is 19.1. The number of rotatable bonds is 5. The van der Waals surface area contributed by atoms with Crippen LogP contribution in [0.1, 0.15) is 51.2 Å². The van der Waals surface area contributed by atoms with Crippen LogP contribution < -0.4 is 5.32 Å². The lowest BCUT2D eigenvalue weighted by Crippen LogP contribution is -2.41. The first-order valence-electron chi connectivity index (χ1n) is 8.64. The van der Waals surface area contributed by atoms with Crippen LogP contribution in [0.3, 0.4) is 0 Å². The molecule has 10 heteroatoms. The molecule has 0 radical (unpaired) electrons. The van der Waals surface area contributed by atoms with Crippen LogP contribution in [0.25, 0.3) is 0 Å². The largest absolute Gasteiger partial charge is 0.447 e. The SMILES string of the molecule is CC(C)(C)OC(=O)N1CCC(c2n[nH]c(CNC(=O)OCCF)n2)CC1. The number of amides is 2. The summed E-state index contributed by atoms with van der Waals surface area (Å²) in [5, 5.41) is 9.42. The number of piperidine rings is 1. The van der Waals surface area contributed by atoms with Crippen molar-refractivity contribution in [1.82, 2.24) is 25.4 Å². The molecule has 0 aromatic carbocycles. The van der Waals surface area contributed by atoms with E-state index in [-0.39, 0.29) is 25.2 Å². The quantitative estimate of drug-likeness (QED) is 0.820. The minimum Gasteiger partial charge on any atom is -0.447 e. The third-order valence-corrected chi connectivity index (χ3v) is 3.77. The number of hydrogen-bond donors (Lipinski definition) is 2. The Bertz CT molecular complexity index is 608. The molecule has 0 saturated carbocycles. The van der Waals surface area contributed by atoms with Gasteiger partial charge in [0.05, 0.1) is 6.54 Å². The highest BCUT2D eigenvalue weighted by Crippen LogP contribution is 2.26. The smallest absolute Gasteiger partial charge is 0.410 e. The fourth-order valence-corrected chi connectivity index (χ4v) is 2.56. The number of aromatic amines is 1. The molecule has 1 aromatic heterocycles. The Hall–Kier alpha value is -2.39. The zero-order chi connectivity index (χ0) is 19.2. The van der Waals surface area contributed by atoms with Crippen molar-refractivity contribution in [1.29, 1.82) is 0 Å². The van der Waals surface area contributed by atoms with E-state index in [0.717, 1.165) is 12.8 Å². The molecule has 0 aliphatic carbocycles. The molecule has 1 fully saturated rings. The molecule has 0 atom stereocenters. The Labute approximate surface area is 151 Å². The standard InChI is InChI=1S/C16H26FN5O4/c1-16(2,3)26-15(24)22-7-4-11(5-8-22)13-19-12(20-21-13)10-18-14(23)25-9-6-17/h11H,4-10H2,1-3H3,(H,18,23)(H,19,20,21). The van der Waals surface area contributed by atoms with Crippen LogP contribution in [0.2, 0.25) is 0 Å². The molecule has 26 heavy (non-hydrogen) atoms. The summed E-state index contributed by atoms with van der Waals surface area (Å²) in [4.78, 5) is 29.4. The second kappa shape index (κ2) is 8.81. The van der Waals surface area contributed by atoms with Gasteiger partial charge >= 0.3 is 12.2 Å². The molecule has 2 rings (SSSR count). The van der Waals surface area contributed by atoms with Gasteiger partial charge in [-0.1, -0.05) is 0 Å². The van der Waals surface area contributed by atoms with E-state index >= 15 is 0 Å². The van der Waals surface area contributed by atoms with Crippen molar-refractivity contribution in [2.75, 3.05) is 26.4 Å². The number of nitrogens with zero attached hydrogens (tertiary/aromatic N) is 3. The van der Waals surface area contributed by atoms with Gasteiger partial charge in [-0.15, -0.1) is 0 Å². The summed E-state index contributed by atoms with van der Waals surface area (Å²) in [6.07, 6.45) is 0.472. The monoisotopic (exact) mass is 371 g/mol. The zero-order valence-corrected chi connectivity index (χ0v) is 15.4. The summed E-state index contributed by atoms with van der Waals surface area (Å²) in [7, 11) is 0. The van der Waals surface area contributed by atoms with Crippen LogP contribution >= 0.6 is 0 Å². The van der Waals surface area contributed by atoms with E-state index in [2.05, 4.69) is 25.2 Å². The minimum atomic E-state index is -0.720. The first kappa shape index (κ1) is 19.9. The molecular formula is C16H26FN5O4. The summed E-state index contributed by atoms with van der Waals surface area (Å²) < 4.78 is 21.9. The lowest BCUT2D eigenvalue weighted by Gasteiger charge is -2.32. The summed E-state index contributed by atoms with van der Waals surface area (Å²) in [6, 6.07) is 0. The number of ether oxygens (including phenoxy) is 2. The summed E-state index contributed by atoms with van der Waals surface area (Å²) in [5.74, 6) is 1.28. The Balaban J connectivity index is 1.78. The van der Waals surface area contributed by atoms with E-state index in [1.54, 1.807) is 4.90 Å². The van der Waals surface area contributed by atoms with E-state index in [4.69, 9.17) is 4.74 Å². The van der Waals surface area contributed by atoms with E-state index in [1.165, 1.54) is 0 Å². The van der Waals surface area contributed by atoms with Crippen molar-refractivity contribution >= 4 is 12.2 Å². The Kier molecular flexibility index (Phi) is 6.76. The second-order valence-corrected chi connectivity index (χ2v) is 7.06. The number of carbonyl (C=O) groups excluding carboxylic acids is 2. The van der Waals surface area contributed by atoms with Crippen molar-refractivity contribution in [3.05, 3.63) is 11.6 Å². The van der Waals surface area contributed by atoms with Gasteiger partial charge in [0.25, 0.3) is 0 Å². The molecule has 2 N–H and O–H groups in total. The zero-order valence-electron chi connectivity index (χ0n) is 15.4. The maximum Gasteiger partial charge on any atom is 0.410 e. The maximum atomic E-state index is 12.1. The van der Waals surface area contributed by atoms with Gasteiger partial charge in [-0.25, -0.2) is 19.0 Å². The lowest BCUT2D eigenvalue weighted by molar-refractivity contribution is 0.0203. The molecule has 146 valence electrons. The first-order valence-corrected chi connectivity index (χ1v) is 8.64. The van der Waals surface area contributed by atoms with Crippen LogP contribution in [-0.2, 0) is 16.0 Å². The fourth-order valence-electron chi connectivity index (χ4n) is 2.56. The van der Waals surface area contributed by atoms with Gasteiger partial charge in [-0.3, -0.25) is 5.10 Å². The van der Waals surface area contributed by atoms with Crippen LogP contribution in [-0.4, -0.2) is 64.2 Å². The summed E-state index contributed by atoms with van der Waals surface area (Å²) in [6.45, 7) is 5.81. The highest BCUT2D eigenvalue weighted by molar-refractivity contribution is 5.68.